The van der Waals surface area contributed by atoms with Crippen LogP contribution in [0.5, 0.6) is 0 Å². The van der Waals surface area contributed by atoms with Gasteiger partial charge in [0, 0.05) is 18.3 Å². The number of rotatable bonds is 1. The fraction of sp³-hybridized carbons (Fsp3) is 0.538. The zero-order valence-corrected chi connectivity index (χ0v) is 10.0. The highest BCUT2D eigenvalue weighted by Gasteiger charge is 2.33. The second-order valence-electron chi connectivity index (χ2n) is 4.68. The van der Waals surface area contributed by atoms with Crippen molar-refractivity contribution in [1.29, 1.82) is 0 Å². The molecule has 0 bridgehead atoms. The van der Waals surface area contributed by atoms with Crippen molar-refractivity contribution >= 4 is 5.69 Å². The highest BCUT2D eigenvalue weighted by molar-refractivity contribution is 5.53. The van der Waals surface area contributed by atoms with Gasteiger partial charge in [0.1, 0.15) is 0 Å². The fourth-order valence-corrected chi connectivity index (χ4v) is 2.41. The Hall–Kier alpha value is -1.19. The first-order valence-electron chi connectivity index (χ1n) is 5.84. The molecule has 0 radical (unpaired) electrons. The Morgan fingerprint density at radius 2 is 2.00 bits per heavy atom. The van der Waals surface area contributed by atoms with Crippen LogP contribution < -0.4 is 4.90 Å². The molecule has 1 nitrogen and oxygen atoms in total. The summed E-state index contributed by atoms with van der Waals surface area (Å²) >= 11 is 0. The smallest absolute Gasteiger partial charge is 0.369 e. The molecular formula is C13H16F3N. The van der Waals surface area contributed by atoms with Crippen molar-refractivity contribution in [1.82, 2.24) is 0 Å². The highest BCUT2D eigenvalue weighted by atomic mass is 19.4. The van der Waals surface area contributed by atoms with E-state index in [0.29, 0.717) is 11.7 Å². The van der Waals surface area contributed by atoms with E-state index in [1.165, 1.54) is 13.0 Å². The van der Waals surface area contributed by atoms with Gasteiger partial charge in [-0.05, 0) is 44.4 Å². The summed E-state index contributed by atoms with van der Waals surface area (Å²) in [5.41, 5.74) is 0.454. The van der Waals surface area contributed by atoms with Crippen molar-refractivity contribution in [3.8, 4) is 0 Å². The Morgan fingerprint density at radius 1 is 1.29 bits per heavy atom. The largest absolute Gasteiger partial charge is 0.416 e. The number of aryl methyl sites for hydroxylation is 1. The molecule has 4 heteroatoms. The molecule has 1 heterocycles. The molecule has 1 aromatic rings. The van der Waals surface area contributed by atoms with Crippen LogP contribution in [0.1, 0.15) is 30.9 Å². The normalized spacial score (nSPS) is 21.0. The molecule has 94 valence electrons. The Balaban J connectivity index is 2.37. The number of alkyl halides is 3. The van der Waals surface area contributed by atoms with E-state index < -0.39 is 11.7 Å². The van der Waals surface area contributed by atoms with Gasteiger partial charge in [-0.3, -0.25) is 0 Å². The Morgan fingerprint density at radius 3 is 2.53 bits per heavy atom. The summed E-state index contributed by atoms with van der Waals surface area (Å²) in [6, 6.07) is 4.95. The van der Waals surface area contributed by atoms with Gasteiger partial charge >= 0.3 is 6.18 Å². The number of hydrogen-bond donors (Lipinski definition) is 0. The van der Waals surface area contributed by atoms with Crippen molar-refractivity contribution in [3.63, 3.8) is 0 Å². The minimum atomic E-state index is -4.26. The third-order valence-electron chi connectivity index (χ3n) is 3.41. The minimum absolute atomic E-state index is 0.285. The molecule has 1 aromatic carbocycles. The lowest BCUT2D eigenvalue weighted by atomic mass is 10.1. The number of hydrogen-bond acceptors (Lipinski definition) is 1. The van der Waals surface area contributed by atoms with E-state index in [0.717, 1.165) is 19.4 Å². The predicted molar refractivity (Wildman–Crippen MR) is 62.2 cm³/mol. The molecule has 1 aliphatic rings. The van der Waals surface area contributed by atoms with Crippen LogP contribution in [0, 0.1) is 6.92 Å². The summed E-state index contributed by atoms with van der Waals surface area (Å²) < 4.78 is 38.4. The molecule has 2 rings (SSSR count). The van der Waals surface area contributed by atoms with Gasteiger partial charge in [-0.2, -0.15) is 13.2 Å². The number of nitrogens with zero attached hydrogens (tertiary/aromatic N) is 1. The first kappa shape index (κ1) is 12.3. The summed E-state index contributed by atoms with van der Waals surface area (Å²) in [4.78, 5) is 2.05. The molecular weight excluding hydrogens is 227 g/mol. The highest BCUT2D eigenvalue weighted by Crippen LogP contribution is 2.35. The van der Waals surface area contributed by atoms with Gasteiger partial charge < -0.3 is 4.90 Å². The Bertz CT molecular complexity index is 412. The van der Waals surface area contributed by atoms with E-state index in [1.54, 1.807) is 12.1 Å². The summed E-state index contributed by atoms with van der Waals surface area (Å²) in [6.45, 7) is 4.40. The molecule has 1 saturated heterocycles. The molecule has 1 unspecified atom stereocenters. The van der Waals surface area contributed by atoms with Crippen molar-refractivity contribution in [2.75, 3.05) is 11.4 Å². The summed E-state index contributed by atoms with van der Waals surface area (Å²) in [6.07, 6.45) is -2.16. The molecule has 1 atom stereocenters. The molecule has 0 aromatic heterocycles. The first-order valence-corrected chi connectivity index (χ1v) is 5.84. The second kappa shape index (κ2) is 4.24. The third kappa shape index (κ3) is 2.40. The minimum Gasteiger partial charge on any atom is -0.369 e. The maximum atomic E-state index is 12.8. The van der Waals surface area contributed by atoms with Gasteiger partial charge in [0.15, 0.2) is 0 Å². The van der Waals surface area contributed by atoms with Crippen LogP contribution in [0.4, 0.5) is 18.9 Å². The van der Waals surface area contributed by atoms with E-state index in [1.807, 2.05) is 0 Å². The summed E-state index contributed by atoms with van der Waals surface area (Å²) in [5, 5.41) is 0. The fourth-order valence-electron chi connectivity index (χ4n) is 2.41. The molecule has 1 aliphatic heterocycles. The van der Waals surface area contributed by atoms with Gasteiger partial charge in [-0.15, -0.1) is 0 Å². The first-order chi connectivity index (χ1) is 7.89. The maximum Gasteiger partial charge on any atom is 0.416 e. The van der Waals surface area contributed by atoms with E-state index >= 15 is 0 Å². The van der Waals surface area contributed by atoms with Crippen LogP contribution in [0.25, 0.3) is 0 Å². The lowest BCUT2D eigenvalue weighted by Crippen LogP contribution is -2.26. The number of halogens is 3. The lowest BCUT2D eigenvalue weighted by molar-refractivity contribution is -0.138. The van der Waals surface area contributed by atoms with Crippen LogP contribution in [0.2, 0.25) is 0 Å². The Kier molecular flexibility index (Phi) is 3.06. The van der Waals surface area contributed by atoms with Crippen LogP contribution >= 0.6 is 0 Å². The van der Waals surface area contributed by atoms with E-state index in [4.69, 9.17) is 0 Å². The van der Waals surface area contributed by atoms with Crippen molar-refractivity contribution in [2.24, 2.45) is 0 Å². The molecule has 1 fully saturated rings. The van der Waals surface area contributed by atoms with Gasteiger partial charge in [0.2, 0.25) is 0 Å². The molecule has 0 aliphatic carbocycles. The quantitative estimate of drug-likeness (QED) is 0.720. The van der Waals surface area contributed by atoms with Crippen LogP contribution in [-0.2, 0) is 6.18 Å². The van der Waals surface area contributed by atoms with Crippen molar-refractivity contribution < 1.29 is 13.2 Å². The zero-order chi connectivity index (χ0) is 12.6. The van der Waals surface area contributed by atoms with Crippen LogP contribution in [0.3, 0.4) is 0 Å². The maximum absolute atomic E-state index is 12.8. The van der Waals surface area contributed by atoms with Crippen LogP contribution in [0.15, 0.2) is 18.2 Å². The SMILES string of the molecule is Cc1ccc(N2CCCC2C)cc1C(F)(F)F. The average molecular weight is 243 g/mol. The molecule has 0 amide bonds. The third-order valence-corrected chi connectivity index (χ3v) is 3.41. The summed E-state index contributed by atoms with van der Waals surface area (Å²) in [7, 11) is 0. The van der Waals surface area contributed by atoms with Gasteiger partial charge in [0.05, 0.1) is 5.56 Å². The average Bonchev–Trinajstić information content (AvgIpc) is 2.63. The summed E-state index contributed by atoms with van der Waals surface area (Å²) in [5.74, 6) is 0. The zero-order valence-electron chi connectivity index (χ0n) is 10.0. The van der Waals surface area contributed by atoms with Crippen LogP contribution in [-0.4, -0.2) is 12.6 Å². The van der Waals surface area contributed by atoms with Gasteiger partial charge in [0.25, 0.3) is 0 Å². The Labute approximate surface area is 99.2 Å². The number of anilines is 1. The molecule has 17 heavy (non-hydrogen) atoms. The van der Waals surface area contributed by atoms with Crippen molar-refractivity contribution in [2.45, 2.75) is 38.9 Å². The predicted octanol–water partition coefficient (Wildman–Crippen LogP) is 4.00. The monoisotopic (exact) mass is 243 g/mol. The topological polar surface area (TPSA) is 3.24 Å². The van der Waals surface area contributed by atoms with E-state index in [-0.39, 0.29) is 5.56 Å². The lowest BCUT2D eigenvalue weighted by Gasteiger charge is -2.25. The van der Waals surface area contributed by atoms with Gasteiger partial charge in [-0.1, -0.05) is 6.07 Å². The van der Waals surface area contributed by atoms with E-state index in [2.05, 4.69) is 11.8 Å². The van der Waals surface area contributed by atoms with E-state index in [9.17, 15) is 13.2 Å². The standard InChI is InChI=1S/C13H16F3N/c1-9-5-6-11(8-12(9)13(14,15)16)17-7-3-4-10(17)2/h5-6,8,10H,3-4,7H2,1-2H3. The molecule has 0 spiro atoms. The number of benzene rings is 1. The molecule has 0 N–H and O–H groups in total. The molecule has 0 saturated carbocycles. The second-order valence-corrected chi connectivity index (χ2v) is 4.68. The van der Waals surface area contributed by atoms with Crippen molar-refractivity contribution in [3.05, 3.63) is 29.3 Å². The van der Waals surface area contributed by atoms with Gasteiger partial charge in [-0.25, -0.2) is 0 Å².